The molecular formula is C22H24F3N5O. The van der Waals surface area contributed by atoms with Gasteiger partial charge < -0.3 is 15.1 Å². The van der Waals surface area contributed by atoms with E-state index in [9.17, 15) is 23.2 Å². The highest BCUT2D eigenvalue weighted by molar-refractivity contribution is 5.95. The predicted molar refractivity (Wildman–Crippen MR) is 110 cm³/mol. The number of nitrogens with zero attached hydrogens (tertiary/aromatic N) is 4. The Morgan fingerprint density at radius 2 is 1.97 bits per heavy atom. The number of nitrogens with one attached hydrogen (secondary N) is 1. The van der Waals surface area contributed by atoms with E-state index in [1.807, 2.05) is 7.05 Å². The molecule has 9 heteroatoms. The molecule has 2 aliphatic heterocycles. The van der Waals surface area contributed by atoms with E-state index >= 15 is 0 Å². The summed E-state index contributed by atoms with van der Waals surface area (Å²) < 4.78 is 41.6. The third kappa shape index (κ3) is 4.30. The zero-order chi connectivity index (χ0) is 22.2. The second-order valence-corrected chi connectivity index (χ2v) is 8.39. The van der Waals surface area contributed by atoms with Crippen LogP contribution in [-0.4, -0.2) is 61.2 Å². The van der Waals surface area contributed by atoms with Gasteiger partial charge in [-0.25, -0.2) is 0 Å². The zero-order valence-corrected chi connectivity index (χ0v) is 17.2. The zero-order valence-electron chi connectivity index (χ0n) is 17.2. The molecule has 2 saturated heterocycles. The van der Waals surface area contributed by atoms with Crippen molar-refractivity contribution in [2.45, 2.75) is 25.1 Å². The van der Waals surface area contributed by atoms with Gasteiger partial charge >= 0.3 is 6.18 Å². The number of aromatic nitrogens is 1. The molecule has 3 heterocycles. The number of alkyl halides is 3. The van der Waals surface area contributed by atoms with Crippen LogP contribution in [0, 0.1) is 23.2 Å². The summed E-state index contributed by atoms with van der Waals surface area (Å²) in [6.45, 7) is 1.30. The number of pyridine rings is 1. The number of hydrogen-bond acceptors (Lipinski definition) is 5. The van der Waals surface area contributed by atoms with Crippen molar-refractivity contribution in [3.63, 3.8) is 0 Å². The largest absolute Gasteiger partial charge is 0.394 e. The van der Waals surface area contributed by atoms with Crippen molar-refractivity contribution in [1.82, 2.24) is 15.2 Å². The maximum absolute atomic E-state index is 13.9. The Bertz CT molecular complexity index is 1010. The van der Waals surface area contributed by atoms with Crippen LogP contribution in [0.15, 0.2) is 30.5 Å². The molecule has 1 unspecified atom stereocenters. The molecule has 1 N–H and O–H groups in total. The molecule has 4 rings (SSSR count). The van der Waals surface area contributed by atoms with Crippen LogP contribution in [0.1, 0.15) is 18.4 Å². The highest BCUT2D eigenvalue weighted by Crippen LogP contribution is 2.41. The maximum Gasteiger partial charge on any atom is 0.394 e. The molecule has 1 aromatic heterocycles. The first-order valence-corrected chi connectivity index (χ1v) is 10.4. The predicted octanol–water partition coefficient (Wildman–Crippen LogP) is 2.93. The molecule has 1 amide bonds. The standard InChI is InChI=1S/C22H24F3N5O/c1-29-9-6-15(7-10-29)28-21(31)17-12-30(13-18(17)22(23,24)25)19-5-4-14(11-26)20-16(19)3-2-8-27-20/h2-5,8,15,17-18H,6-7,9-10,12-13H2,1H3,(H,28,31)/t17-,18?/m1/s1. The van der Waals surface area contributed by atoms with Crippen LogP contribution in [0.3, 0.4) is 0 Å². The summed E-state index contributed by atoms with van der Waals surface area (Å²) >= 11 is 0. The van der Waals surface area contributed by atoms with E-state index in [4.69, 9.17) is 0 Å². The van der Waals surface area contributed by atoms with Crippen molar-refractivity contribution >= 4 is 22.5 Å². The van der Waals surface area contributed by atoms with Gasteiger partial charge in [-0.05, 0) is 57.2 Å². The Morgan fingerprint density at radius 3 is 2.65 bits per heavy atom. The molecule has 2 aliphatic rings. The lowest BCUT2D eigenvalue weighted by atomic mass is 9.93. The summed E-state index contributed by atoms with van der Waals surface area (Å²) in [5.41, 5.74) is 1.37. The quantitative estimate of drug-likeness (QED) is 0.809. The molecule has 2 aromatic rings. The van der Waals surface area contributed by atoms with E-state index in [1.54, 1.807) is 35.4 Å². The van der Waals surface area contributed by atoms with E-state index in [1.165, 1.54) is 0 Å². The number of rotatable bonds is 3. The number of amides is 1. The Labute approximate surface area is 178 Å². The molecule has 0 aliphatic carbocycles. The van der Waals surface area contributed by atoms with E-state index in [2.05, 4.69) is 21.3 Å². The van der Waals surface area contributed by atoms with Crippen LogP contribution < -0.4 is 10.2 Å². The summed E-state index contributed by atoms with van der Waals surface area (Å²) in [7, 11) is 1.99. The number of fused-ring (bicyclic) bond motifs is 1. The third-order valence-electron chi connectivity index (χ3n) is 6.35. The summed E-state index contributed by atoms with van der Waals surface area (Å²) in [6, 6.07) is 8.62. The molecule has 0 spiro atoms. The molecule has 6 nitrogen and oxygen atoms in total. The number of benzene rings is 1. The molecule has 0 bridgehead atoms. The number of nitriles is 1. The number of carbonyl (C=O) groups excluding carboxylic acids is 1. The van der Waals surface area contributed by atoms with Crippen molar-refractivity contribution < 1.29 is 18.0 Å². The fourth-order valence-corrected chi connectivity index (χ4v) is 4.58. The Balaban J connectivity index is 1.60. The molecule has 0 radical (unpaired) electrons. The smallest absolute Gasteiger partial charge is 0.370 e. The monoisotopic (exact) mass is 431 g/mol. The van der Waals surface area contributed by atoms with Crippen LogP contribution in [0.5, 0.6) is 0 Å². The minimum Gasteiger partial charge on any atom is -0.370 e. The van der Waals surface area contributed by atoms with Gasteiger partial charge in [0.05, 0.1) is 22.9 Å². The van der Waals surface area contributed by atoms with Crippen LogP contribution >= 0.6 is 0 Å². The normalized spacial score (nSPS) is 23.1. The van der Waals surface area contributed by atoms with Crippen LogP contribution in [0.2, 0.25) is 0 Å². The van der Waals surface area contributed by atoms with E-state index < -0.39 is 23.9 Å². The highest BCUT2D eigenvalue weighted by Gasteiger charge is 2.52. The molecule has 31 heavy (non-hydrogen) atoms. The van der Waals surface area contributed by atoms with Crippen LogP contribution in [0.25, 0.3) is 10.9 Å². The first-order chi connectivity index (χ1) is 14.8. The SMILES string of the molecule is CN1CCC(NC(=O)[C@@H]2CN(c3ccc(C#N)c4ncccc34)CC2C(F)(F)F)CC1. The molecule has 2 atom stereocenters. The van der Waals surface area contributed by atoms with E-state index in [0.29, 0.717) is 22.2 Å². The van der Waals surface area contributed by atoms with Gasteiger partial charge in [-0.15, -0.1) is 0 Å². The van der Waals surface area contributed by atoms with Crippen molar-refractivity contribution in [2.75, 3.05) is 38.1 Å². The average molecular weight is 431 g/mol. The molecular weight excluding hydrogens is 407 g/mol. The minimum atomic E-state index is -4.48. The van der Waals surface area contributed by atoms with Crippen molar-refractivity contribution in [3.05, 3.63) is 36.0 Å². The fraction of sp³-hybridized carbons (Fsp3) is 0.500. The van der Waals surface area contributed by atoms with E-state index in [-0.39, 0.29) is 19.1 Å². The van der Waals surface area contributed by atoms with Gasteiger partial charge in [0.25, 0.3) is 0 Å². The van der Waals surface area contributed by atoms with Gasteiger partial charge in [0.15, 0.2) is 0 Å². The maximum atomic E-state index is 13.9. The number of carbonyl (C=O) groups is 1. The Morgan fingerprint density at radius 1 is 1.23 bits per heavy atom. The first kappa shape index (κ1) is 21.4. The second kappa shape index (κ2) is 8.35. The van der Waals surface area contributed by atoms with Crippen molar-refractivity contribution in [2.24, 2.45) is 11.8 Å². The van der Waals surface area contributed by atoms with Gasteiger partial charge in [0.2, 0.25) is 5.91 Å². The summed E-state index contributed by atoms with van der Waals surface area (Å²) in [6.07, 6.45) is -1.46. The van der Waals surface area contributed by atoms with E-state index in [0.717, 1.165) is 25.9 Å². The van der Waals surface area contributed by atoms with Gasteiger partial charge in [-0.2, -0.15) is 18.4 Å². The Hall–Kier alpha value is -2.86. The molecule has 1 aromatic carbocycles. The summed E-state index contributed by atoms with van der Waals surface area (Å²) in [4.78, 5) is 20.9. The molecule has 2 fully saturated rings. The van der Waals surface area contributed by atoms with Gasteiger partial charge in [-0.3, -0.25) is 9.78 Å². The van der Waals surface area contributed by atoms with Gasteiger partial charge in [0, 0.05) is 36.4 Å². The first-order valence-electron chi connectivity index (χ1n) is 10.4. The highest BCUT2D eigenvalue weighted by atomic mass is 19.4. The molecule has 164 valence electrons. The number of hydrogen-bond donors (Lipinski definition) is 1. The minimum absolute atomic E-state index is 0.0292. The topological polar surface area (TPSA) is 72.3 Å². The number of halogens is 3. The fourth-order valence-electron chi connectivity index (χ4n) is 4.58. The van der Waals surface area contributed by atoms with Crippen LogP contribution in [-0.2, 0) is 4.79 Å². The van der Waals surface area contributed by atoms with Crippen molar-refractivity contribution in [1.29, 1.82) is 5.26 Å². The Kier molecular flexibility index (Phi) is 5.75. The molecule has 0 saturated carbocycles. The number of piperidine rings is 1. The van der Waals surface area contributed by atoms with Crippen molar-refractivity contribution in [3.8, 4) is 6.07 Å². The second-order valence-electron chi connectivity index (χ2n) is 8.39. The number of anilines is 1. The summed E-state index contributed by atoms with van der Waals surface area (Å²) in [5.74, 6) is -3.46. The number of likely N-dealkylation sites (tertiary alicyclic amines) is 1. The third-order valence-corrected chi connectivity index (χ3v) is 6.35. The van der Waals surface area contributed by atoms with Crippen LogP contribution in [0.4, 0.5) is 18.9 Å². The lowest BCUT2D eigenvalue weighted by Gasteiger charge is -2.31. The van der Waals surface area contributed by atoms with Gasteiger partial charge in [0.1, 0.15) is 6.07 Å². The lowest BCUT2D eigenvalue weighted by Crippen LogP contribution is -2.48. The summed E-state index contributed by atoms with van der Waals surface area (Å²) in [5, 5.41) is 12.8. The van der Waals surface area contributed by atoms with Gasteiger partial charge in [-0.1, -0.05) is 0 Å². The lowest BCUT2D eigenvalue weighted by molar-refractivity contribution is -0.182. The average Bonchev–Trinajstić information content (AvgIpc) is 3.20.